The summed E-state index contributed by atoms with van der Waals surface area (Å²) in [5.41, 5.74) is 5.46. The third kappa shape index (κ3) is 7.99. The number of rotatable bonds is 14. The second-order valence-electron chi connectivity index (χ2n) is 11.4. The predicted molar refractivity (Wildman–Crippen MR) is 173 cm³/mol. The molecule has 0 spiro atoms. The van der Waals surface area contributed by atoms with Gasteiger partial charge in [0.05, 0.1) is 23.8 Å². The van der Waals surface area contributed by atoms with Crippen molar-refractivity contribution in [1.82, 2.24) is 10.6 Å². The third-order valence-corrected chi connectivity index (χ3v) is 8.69. The van der Waals surface area contributed by atoms with E-state index in [0.717, 1.165) is 33.6 Å². The monoisotopic (exact) mass is 610 g/mol. The minimum absolute atomic E-state index is 0.0860. The van der Waals surface area contributed by atoms with Crippen molar-refractivity contribution in [2.45, 2.75) is 50.4 Å². The van der Waals surface area contributed by atoms with E-state index in [1.54, 1.807) is 6.26 Å². The van der Waals surface area contributed by atoms with Crippen molar-refractivity contribution in [2.75, 3.05) is 12.4 Å². The van der Waals surface area contributed by atoms with Gasteiger partial charge < -0.3 is 19.8 Å². The molecule has 0 saturated carbocycles. The van der Waals surface area contributed by atoms with Crippen molar-refractivity contribution < 1.29 is 23.5 Å². The molecule has 3 aromatic carbocycles. The van der Waals surface area contributed by atoms with E-state index in [-0.39, 0.29) is 30.0 Å². The van der Waals surface area contributed by atoms with Gasteiger partial charge in [-0.1, -0.05) is 92.7 Å². The van der Waals surface area contributed by atoms with Crippen molar-refractivity contribution in [3.63, 3.8) is 0 Å². The fourth-order valence-electron chi connectivity index (χ4n) is 5.60. The van der Waals surface area contributed by atoms with Crippen LogP contribution in [0.2, 0.25) is 0 Å². The standard InChI is InChI=1S/C36H38N2O5S/c1-24(2)19-33(38-36(41)43-21-31-29-16-8-6-14-27(29)28-15-7-9-17-30(28)31)35(40)37-32(20-25-11-4-3-5-12-25)34(39)23-44-22-26-13-10-18-42-26/h3-18,24,31-33H,19-23H2,1-2H3,(H,37,40)(H,38,41)/t32-,33-/m0/s1. The molecular weight excluding hydrogens is 572 g/mol. The van der Waals surface area contributed by atoms with E-state index >= 15 is 0 Å². The normalized spacial score (nSPS) is 13.5. The molecule has 1 heterocycles. The lowest BCUT2D eigenvalue weighted by Crippen LogP contribution is -2.53. The number of Topliss-reactive ketones (excluding diaryl/α,β-unsaturated/α-hetero) is 1. The Morgan fingerprint density at radius 3 is 2.11 bits per heavy atom. The summed E-state index contributed by atoms with van der Waals surface area (Å²) in [7, 11) is 0. The first-order chi connectivity index (χ1) is 21.4. The second kappa shape index (κ2) is 14.9. The number of fused-ring (bicyclic) bond motifs is 3. The number of hydrogen-bond donors (Lipinski definition) is 2. The molecule has 0 bridgehead atoms. The molecule has 0 aliphatic heterocycles. The largest absolute Gasteiger partial charge is 0.468 e. The number of ketones is 1. The summed E-state index contributed by atoms with van der Waals surface area (Å²) >= 11 is 1.44. The molecule has 1 aliphatic rings. The lowest BCUT2D eigenvalue weighted by molar-refractivity contribution is -0.128. The molecule has 5 rings (SSSR count). The van der Waals surface area contributed by atoms with Gasteiger partial charge in [0.25, 0.3) is 0 Å². The lowest BCUT2D eigenvalue weighted by atomic mass is 9.98. The topological polar surface area (TPSA) is 97.6 Å². The number of carbonyl (C=O) groups excluding carboxylic acids is 3. The molecular formula is C36H38N2O5S. The molecule has 2 N–H and O–H groups in total. The summed E-state index contributed by atoms with van der Waals surface area (Å²) in [6.07, 6.45) is 1.70. The summed E-state index contributed by atoms with van der Waals surface area (Å²) in [5, 5.41) is 5.74. The maximum absolute atomic E-state index is 13.6. The molecule has 1 aromatic heterocycles. The first-order valence-corrected chi connectivity index (χ1v) is 16.1. The van der Waals surface area contributed by atoms with Crippen LogP contribution in [0.4, 0.5) is 4.79 Å². The summed E-state index contributed by atoms with van der Waals surface area (Å²) < 4.78 is 11.1. The zero-order valence-electron chi connectivity index (χ0n) is 25.0. The highest BCUT2D eigenvalue weighted by atomic mass is 32.2. The molecule has 0 unspecified atom stereocenters. The van der Waals surface area contributed by atoms with Gasteiger partial charge in [-0.2, -0.15) is 0 Å². The highest BCUT2D eigenvalue weighted by Crippen LogP contribution is 2.44. The Morgan fingerprint density at radius 1 is 0.818 bits per heavy atom. The van der Waals surface area contributed by atoms with Gasteiger partial charge in [0.1, 0.15) is 18.4 Å². The smallest absolute Gasteiger partial charge is 0.407 e. The SMILES string of the molecule is CC(C)C[C@H](NC(=O)OCC1c2ccccc2-c2ccccc21)C(=O)N[C@@H](Cc1ccccc1)C(=O)CSCc1ccco1. The van der Waals surface area contributed by atoms with Crippen molar-refractivity contribution in [3.05, 3.63) is 120 Å². The molecule has 2 amide bonds. The van der Waals surface area contributed by atoms with Crippen LogP contribution in [0, 0.1) is 5.92 Å². The third-order valence-electron chi connectivity index (χ3n) is 7.72. The number of ether oxygens (including phenoxy) is 1. The van der Waals surface area contributed by atoms with Crippen LogP contribution in [0.15, 0.2) is 102 Å². The summed E-state index contributed by atoms with van der Waals surface area (Å²) in [4.78, 5) is 40.1. The van der Waals surface area contributed by atoms with Crippen LogP contribution in [-0.2, 0) is 26.5 Å². The number of hydrogen-bond acceptors (Lipinski definition) is 6. The van der Waals surface area contributed by atoms with Gasteiger partial charge in [0, 0.05) is 5.92 Å². The Labute approximate surface area is 262 Å². The van der Waals surface area contributed by atoms with Crippen LogP contribution in [0.25, 0.3) is 11.1 Å². The minimum atomic E-state index is -0.854. The van der Waals surface area contributed by atoms with E-state index in [1.807, 2.05) is 80.6 Å². The van der Waals surface area contributed by atoms with E-state index in [2.05, 4.69) is 34.9 Å². The van der Waals surface area contributed by atoms with Crippen molar-refractivity contribution in [1.29, 1.82) is 0 Å². The Balaban J connectivity index is 1.23. The summed E-state index contributed by atoms with van der Waals surface area (Å²) in [6.45, 7) is 4.12. The molecule has 0 fully saturated rings. The Bertz CT molecular complexity index is 1510. The van der Waals surface area contributed by atoms with Gasteiger partial charge in [0.2, 0.25) is 5.91 Å². The molecule has 228 valence electrons. The van der Waals surface area contributed by atoms with Crippen LogP contribution in [0.3, 0.4) is 0 Å². The Hall–Kier alpha value is -4.30. The molecule has 44 heavy (non-hydrogen) atoms. The molecule has 7 nitrogen and oxygen atoms in total. The molecule has 0 saturated heterocycles. The average molecular weight is 611 g/mol. The number of alkyl carbamates (subject to hydrolysis) is 1. The molecule has 2 atom stereocenters. The fourth-order valence-corrected chi connectivity index (χ4v) is 6.47. The van der Waals surface area contributed by atoms with E-state index in [1.165, 1.54) is 11.8 Å². The van der Waals surface area contributed by atoms with Gasteiger partial charge in [-0.3, -0.25) is 9.59 Å². The Morgan fingerprint density at radius 2 is 1.48 bits per heavy atom. The van der Waals surface area contributed by atoms with E-state index in [0.29, 0.717) is 18.6 Å². The van der Waals surface area contributed by atoms with E-state index < -0.39 is 24.1 Å². The molecule has 0 radical (unpaired) electrons. The second-order valence-corrected chi connectivity index (χ2v) is 12.4. The maximum Gasteiger partial charge on any atom is 0.407 e. The van der Waals surface area contributed by atoms with Gasteiger partial charge in [-0.15, -0.1) is 11.8 Å². The predicted octanol–water partition coefficient (Wildman–Crippen LogP) is 6.76. The maximum atomic E-state index is 13.6. The fraction of sp³-hybridized carbons (Fsp3) is 0.306. The first-order valence-electron chi connectivity index (χ1n) is 15.0. The van der Waals surface area contributed by atoms with Gasteiger partial charge in [-0.05, 0) is 58.7 Å². The van der Waals surface area contributed by atoms with Crippen LogP contribution < -0.4 is 10.6 Å². The number of carbonyl (C=O) groups is 3. The van der Waals surface area contributed by atoms with Crippen molar-refractivity contribution >= 4 is 29.5 Å². The van der Waals surface area contributed by atoms with Crippen molar-refractivity contribution in [3.8, 4) is 11.1 Å². The quantitative estimate of drug-likeness (QED) is 0.164. The van der Waals surface area contributed by atoms with Gasteiger partial charge in [-0.25, -0.2) is 4.79 Å². The minimum Gasteiger partial charge on any atom is -0.468 e. The average Bonchev–Trinajstić information content (AvgIpc) is 3.66. The van der Waals surface area contributed by atoms with E-state index in [9.17, 15) is 14.4 Å². The van der Waals surface area contributed by atoms with Gasteiger partial charge in [0.15, 0.2) is 5.78 Å². The van der Waals surface area contributed by atoms with Gasteiger partial charge >= 0.3 is 6.09 Å². The number of furan rings is 1. The van der Waals surface area contributed by atoms with Crippen LogP contribution in [0.5, 0.6) is 0 Å². The number of benzene rings is 3. The van der Waals surface area contributed by atoms with Crippen molar-refractivity contribution in [2.24, 2.45) is 5.92 Å². The highest BCUT2D eigenvalue weighted by Gasteiger charge is 2.31. The number of thioether (sulfide) groups is 1. The summed E-state index contributed by atoms with van der Waals surface area (Å²) in [6, 6.07) is 28.0. The zero-order chi connectivity index (χ0) is 30.9. The number of amides is 2. The molecule has 4 aromatic rings. The zero-order valence-corrected chi connectivity index (χ0v) is 25.8. The lowest BCUT2D eigenvalue weighted by Gasteiger charge is -2.24. The molecule has 8 heteroatoms. The van der Waals surface area contributed by atoms with Crippen LogP contribution in [0.1, 0.15) is 48.6 Å². The first kappa shape index (κ1) is 31.1. The van der Waals surface area contributed by atoms with Crippen LogP contribution >= 0.6 is 11.8 Å². The summed E-state index contributed by atoms with van der Waals surface area (Å²) in [5.74, 6) is 1.09. The van der Waals surface area contributed by atoms with E-state index in [4.69, 9.17) is 9.15 Å². The number of nitrogens with one attached hydrogen (secondary N) is 2. The Kier molecular flexibility index (Phi) is 10.6. The van der Waals surface area contributed by atoms with Crippen LogP contribution in [-0.4, -0.2) is 42.2 Å². The molecule has 1 aliphatic carbocycles. The highest BCUT2D eigenvalue weighted by molar-refractivity contribution is 7.99.